The molecule has 0 bridgehead atoms. The molecule has 3 rings (SSSR count). The van der Waals surface area contributed by atoms with Crippen LogP contribution in [-0.2, 0) is 11.3 Å². The summed E-state index contributed by atoms with van der Waals surface area (Å²) in [4.78, 5) is 32.3. The first-order valence-electron chi connectivity index (χ1n) is 8.64. The van der Waals surface area contributed by atoms with Crippen molar-refractivity contribution in [1.82, 2.24) is 14.8 Å². The minimum absolute atomic E-state index is 0.0887. The fraction of sp³-hybridized carbons (Fsp3) is 0.421. The lowest BCUT2D eigenvalue weighted by Gasteiger charge is -2.40. The van der Waals surface area contributed by atoms with Gasteiger partial charge in [-0.2, -0.15) is 0 Å². The van der Waals surface area contributed by atoms with Crippen molar-refractivity contribution < 1.29 is 19.1 Å². The van der Waals surface area contributed by atoms with Crippen molar-refractivity contribution in [2.75, 3.05) is 13.6 Å². The number of aryl methyl sites for hydroxylation is 1. The monoisotopic (exact) mass is 357 g/mol. The van der Waals surface area contributed by atoms with Gasteiger partial charge in [-0.1, -0.05) is 6.07 Å². The van der Waals surface area contributed by atoms with Gasteiger partial charge in [0.15, 0.2) is 0 Å². The van der Waals surface area contributed by atoms with E-state index in [4.69, 9.17) is 4.42 Å². The molecule has 1 amide bonds. The number of amides is 1. The molecule has 0 unspecified atom stereocenters. The number of hydrogen-bond donors (Lipinski definition) is 1. The van der Waals surface area contributed by atoms with Crippen molar-refractivity contribution in [3.63, 3.8) is 0 Å². The predicted molar refractivity (Wildman–Crippen MR) is 94.6 cm³/mol. The van der Waals surface area contributed by atoms with Gasteiger partial charge in [0.1, 0.15) is 11.8 Å². The second kappa shape index (κ2) is 7.70. The summed E-state index contributed by atoms with van der Waals surface area (Å²) in [5.74, 6) is -0.744. The van der Waals surface area contributed by atoms with Crippen LogP contribution in [-0.4, -0.2) is 57.4 Å². The van der Waals surface area contributed by atoms with Crippen LogP contribution < -0.4 is 0 Å². The van der Waals surface area contributed by atoms with Gasteiger partial charge < -0.3 is 14.4 Å². The number of likely N-dealkylation sites (tertiary alicyclic amines) is 1. The van der Waals surface area contributed by atoms with Crippen molar-refractivity contribution in [2.45, 2.75) is 38.4 Å². The van der Waals surface area contributed by atoms with Gasteiger partial charge in [-0.25, -0.2) is 4.79 Å². The standard InChI is InChI=1S/C19H23N3O4/c1-13-16(6-9-26-13)18(23)22-8-5-15(10-17(22)19(24)25)21(2)12-14-4-3-7-20-11-14/h3-4,6-7,9,11,15,17H,5,8,10,12H2,1-2H3,(H,24,25)/t15-,17+/m0/s1. The van der Waals surface area contributed by atoms with Crippen molar-refractivity contribution in [3.05, 3.63) is 53.7 Å². The molecule has 0 spiro atoms. The first-order chi connectivity index (χ1) is 12.5. The molecule has 2 aromatic heterocycles. The van der Waals surface area contributed by atoms with Gasteiger partial charge in [0.25, 0.3) is 5.91 Å². The van der Waals surface area contributed by atoms with Gasteiger partial charge in [-0.15, -0.1) is 0 Å². The van der Waals surface area contributed by atoms with Crippen LogP contribution in [0.3, 0.4) is 0 Å². The average molecular weight is 357 g/mol. The number of carbonyl (C=O) groups excluding carboxylic acids is 1. The first-order valence-corrected chi connectivity index (χ1v) is 8.64. The Morgan fingerprint density at radius 3 is 2.85 bits per heavy atom. The largest absolute Gasteiger partial charge is 0.480 e. The molecule has 1 fully saturated rings. The Balaban J connectivity index is 1.71. The van der Waals surface area contributed by atoms with Crippen LogP contribution in [0.5, 0.6) is 0 Å². The molecule has 26 heavy (non-hydrogen) atoms. The molecule has 0 saturated carbocycles. The van der Waals surface area contributed by atoms with Gasteiger partial charge in [0.2, 0.25) is 0 Å². The molecule has 7 heteroatoms. The maximum atomic E-state index is 12.7. The topological polar surface area (TPSA) is 86.9 Å². The van der Waals surface area contributed by atoms with E-state index in [0.717, 1.165) is 12.0 Å². The van der Waals surface area contributed by atoms with Crippen LogP contribution in [0.4, 0.5) is 0 Å². The Morgan fingerprint density at radius 1 is 1.42 bits per heavy atom. The molecule has 1 aliphatic heterocycles. The number of rotatable bonds is 5. The lowest BCUT2D eigenvalue weighted by molar-refractivity contribution is -0.144. The van der Waals surface area contributed by atoms with Gasteiger partial charge >= 0.3 is 5.97 Å². The fourth-order valence-corrected chi connectivity index (χ4v) is 3.49. The molecule has 1 N–H and O–H groups in total. The summed E-state index contributed by atoms with van der Waals surface area (Å²) >= 11 is 0. The average Bonchev–Trinajstić information content (AvgIpc) is 3.07. The molecular formula is C19H23N3O4. The van der Waals surface area contributed by atoms with E-state index in [2.05, 4.69) is 9.88 Å². The summed E-state index contributed by atoms with van der Waals surface area (Å²) < 4.78 is 5.19. The van der Waals surface area contributed by atoms with E-state index in [0.29, 0.717) is 30.8 Å². The van der Waals surface area contributed by atoms with E-state index in [1.807, 2.05) is 25.4 Å². The van der Waals surface area contributed by atoms with Gasteiger partial charge in [0.05, 0.1) is 11.8 Å². The zero-order valence-electron chi connectivity index (χ0n) is 15.0. The summed E-state index contributed by atoms with van der Waals surface area (Å²) in [7, 11) is 1.98. The summed E-state index contributed by atoms with van der Waals surface area (Å²) in [6.45, 7) is 2.81. The number of carboxylic acids is 1. The second-order valence-electron chi connectivity index (χ2n) is 6.70. The number of furan rings is 1. The third-order valence-electron chi connectivity index (χ3n) is 4.99. The number of pyridine rings is 1. The van der Waals surface area contributed by atoms with Crippen molar-refractivity contribution in [1.29, 1.82) is 0 Å². The first kappa shape index (κ1) is 18.1. The van der Waals surface area contributed by atoms with Crippen LogP contribution in [0, 0.1) is 6.92 Å². The summed E-state index contributed by atoms with van der Waals surface area (Å²) in [6, 6.07) is 4.73. The van der Waals surface area contributed by atoms with E-state index in [1.54, 1.807) is 19.2 Å². The smallest absolute Gasteiger partial charge is 0.326 e. The quantitative estimate of drug-likeness (QED) is 0.882. The Labute approximate surface area is 152 Å². The highest BCUT2D eigenvalue weighted by Gasteiger charge is 2.38. The lowest BCUT2D eigenvalue weighted by atomic mass is 9.95. The molecule has 7 nitrogen and oxygen atoms in total. The van der Waals surface area contributed by atoms with Crippen molar-refractivity contribution in [2.24, 2.45) is 0 Å². The Kier molecular flexibility index (Phi) is 5.37. The summed E-state index contributed by atoms with van der Waals surface area (Å²) in [6.07, 6.45) is 6.11. The lowest BCUT2D eigenvalue weighted by Crippen LogP contribution is -2.54. The van der Waals surface area contributed by atoms with E-state index in [-0.39, 0.29) is 11.9 Å². The molecule has 3 heterocycles. The van der Waals surface area contributed by atoms with Crippen molar-refractivity contribution >= 4 is 11.9 Å². The van der Waals surface area contributed by atoms with Gasteiger partial charge in [-0.05, 0) is 44.5 Å². The third kappa shape index (κ3) is 3.77. The Morgan fingerprint density at radius 2 is 2.23 bits per heavy atom. The molecule has 1 aliphatic rings. The SMILES string of the molecule is Cc1occc1C(=O)N1CC[C@H](N(C)Cc2cccnc2)C[C@@H]1C(=O)O. The Hall–Kier alpha value is -2.67. The molecule has 0 aromatic carbocycles. The number of aliphatic carboxylic acids is 1. The number of carbonyl (C=O) groups is 2. The molecule has 2 atom stereocenters. The maximum absolute atomic E-state index is 12.7. The minimum Gasteiger partial charge on any atom is -0.480 e. The van der Waals surface area contributed by atoms with E-state index >= 15 is 0 Å². The van der Waals surface area contributed by atoms with Crippen LogP contribution >= 0.6 is 0 Å². The van der Waals surface area contributed by atoms with E-state index in [1.165, 1.54) is 11.2 Å². The molecular weight excluding hydrogens is 334 g/mol. The molecule has 138 valence electrons. The normalized spacial score (nSPS) is 20.3. The highest BCUT2D eigenvalue weighted by molar-refractivity contribution is 5.97. The highest BCUT2D eigenvalue weighted by Crippen LogP contribution is 2.25. The zero-order chi connectivity index (χ0) is 18.7. The van der Waals surface area contributed by atoms with E-state index < -0.39 is 12.0 Å². The molecule has 0 aliphatic carbocycles. The zero-order valence-corrected chi connectivity index (χ0v) is 15.0. The van der Waals surface area contributed by atoms with E-state index in [9.17, 15) is 14.7 Å². The number of carboxylic acid groups (broad SMARTS) is 1. The number of hydrogen-bond acceptors (Lipinski definition) is 5. The van der Waals surface area contributed by atoms with Crippen molar-refractivity contribution in [3.8, 4) is 0 Å². The summed E-state index contributed by atoms with van der Waals surface area (Å²) in [5, 5.41) is 9.67. The Bertz CT molecular complexity index is 774. The van der Waals surface area contributed by atoms with Gasteiger partial charge in [-0.3, -0.25) is 14.7 Å². The van der Waals surface area contributed by atoms with Crippen LogP contribution in [0.2, 0.25) is 0 Å². The fourth-order valence-electron chi connectivity index (χ4n) is 3.49. The third-order valence-corrected chi connectivity index (χ3v) is 4.99. The number of piperidine rings is 1. The number of nitrogens with zero attached hydrogens (tertiary/aromatic N) is 3. The highest BCUT2D eigenvalue weighted by atomic mass is 16.4. The minimum atomic E-state index is -0.973. The number of aromatic nitrogens is 1. The van der Waals surface area contributed by atoms with Gasteiger partial charge in [0, 0.05) is 31.5 Å². The molecule has 2 aromatic rings. The van der Waals surface area contributed by atoms with Crippen LogP contribution in [0.15, 0.2) is 41.3 Å². The van der Waals surface area contributed by atoms with Crippen LogP contribution in [0.25, 0.3) is 0 Å². The van der Waals surface area contributed by atoms with Crippen LogP contribution in [0.1, 0.15) is 34.5 Å². The summed E-state index contributed by atoms with van der Waals surface area (Å²) in [5.41, 5.74) is 1.51. The molecule has 0 radical (unpaired) electrons. The predicted octanol–water partition coefficient (Wildman–Crippen LogP) is 2.17. The second-order valence-corrected chi connectivity index (χ2v) is 6.70. The maximum Gasteiger partial charge on any atom is 0.326 e. The molecule has 1 saturated heterocycles.